The summed E-state index contributed by atoms with van der Waals surface area (Å²) in [6.07, 6.45) is 1.77. The predicted octanol–water partition coefficient (Wildman–Crippen LogP) is -0.554. The molecule has 6 heteroatoms. The van der Waals surface area contributed by atoms with Gasteiger partial charge in [0.05, 0.1) is 0 Å². The maximum absolute atomic E-state index is 11.3. The number of carbonyl (C=O) groups excluding carboxylic acids is 1. The number of nitrogens with zero attached hydrogens (tertiary/aromatic N) is 2. The number of aromatic amines is 1. The molecule has 0 saturated carbocycles. The molecular formula is C8H15N5O. The zero-order valence-corrected chi connectivity index (χ0v) is 8.21. The summed E-state index contributed by atoms with van der Waals surface area (Å²) in [4.78, 5) is 15.3. The Bertz CT molecular complexity index is 296. The quantitative estimate of drug-likeness (QED) is 0.589. The van der Waals surface area contributed by atoms with Gasteiger partial charge in [-0.1, -0.05) is 6.92 Å². The fourth-order valence-corrected chi connectivity index (χ4v) is 1.01. The van der Waals surface area contributed by atoms with Crippen molar-refractivity contribution in [2.75, 3.05) is 13.1 Å². The topological polar surface area (TPSA) is 96.7 Å². The SMILES string of the molecule is CCCc1nc(C(=O)NCCN)n[nH]1. The maximum Gasteiger partial charge on any atom is 0.291 e. The Labute approximate surface area is 82.3 Å². The lowest BCUT2D eigenvalue weighted by atomic mass is 10.3. The Hall–Kier alpha value is -1.43. The average Bonchev–Trinajstić information content (AvgIpc) is 2.63. The Morgan fingerprint density at radius 1 is 1.64 bits per heavy atom. The minimum atomic E-state index is -0.283. The summed E-state index contributed by atoms with van der Waals surface area (Å²) in [5.41, 5.74) is 5.24. The number of hydrogen-bond donors (Lipinski definition) is 3. The van der Waals surface area contributed by atoms with Gasteiger partial charge in [0.25, 0.3) is 5.91 Å². The van der Waals surface area contributed by atoms with E-state index >= 15 is 0 Å². The number of H-pyrrole nitrogens is 1. The van der Waals surface area contributed by atoms with Crippen molar-refractivity contribution in [1.82, 2.24) is 20.5 Å². The van der Waals surface area contributed by atoms with Crippen LogP contribution in [0.25, 0.3) is 0 Å². The van der Waals surface area contributed by atoms with Crippen LogP contribution < -0.4 is 11.1 Å². The van der Waals surface area contributed by atoms with Crippen molar-refractivity contribution in [2.24, 2.45) is 5.73 Å². The van der Waals surface area contributed by atoms with Gasteiger partial charge in [0.2, 0.25) is 5.82 Å². The molecule has 0 radical (unpaired) electrons. The molecule has 0 spiro atoms. The van der Waals surface area contributed by atoms with E-state index in [1.54, 1.807) is 0 Å². The molecule has 0 atom stereocenters. The van der Waals surface area contributed by atoms with Crippen LogP contribution in [-0.2, 0) is 6.42 Å². The van der Waals surface area contributed by atoms with Crippen LogP contribution in [0.3, 0.4) is 0 Å². The molecule has 78 valence electrons. The summed E-state index contributed by atoms with van der Waals surface area (Å²) in [6, 6.07) is 0. The van der Waals surface area contributed by atoms with Gasteiger partial charge in [-0.25, -0.2) is 4.98 Å². The highest BCUT2D eigenvalue weighted by molar-refractivity contribution is 5.90. The Morgan fingerprint density at radius 3 is 3.07 bits per heavy atom. The molecule has 1 rings (SSSR count). The number of nitrogens with one attached hydrogen (secondary N) is 2. The minimum Gasteiger partial charge on any atom is -0.348 e. The van der Waals surface area contributed by atoms with E-state index in [0.29, 0.717) is 13.1 Å². The molecule has 0 unspecified atom stereocenters. The third kappa shape index (κ3) is 2.81. The Balaban J connectivity index is 2.53. The smallest absolute Gasteiger partial charge is 0.291 e. The predicted molar refractivity (Wildman–Crippen MR) is 51.8 cm³/mol. The van der Waals surface area contributed by atoms with Crippen LogP contribution in [0.4, 0.5) is 0 Å². The van der Waals surface area contributed by atoms with Crippen LogP contribution in [-0.4, -0.2) is 34.2 Å². The number of hydrogen-bond acceptors (Lipinski definition) is 4. The molecule has 4 N–H and O–H groups in total. The van der Waals surface area contributed by atoms with E-state index in [2.05, 4.69) is 20.5 Å². The van der Waals surface area contributed by atoms with Gasteiger partial charge >= 0.3 is 0 Å². The number of amides is 1. The van der Waals surface area contributed by atoms with Crippen LogP contribution in [0.1, 0.15) is 29.8 Å². The Kier molecular flexibility index (Phi) is 4.06. The van der Waals surface area contributed by atoms with Gasteiger partial charge in [-0.05, 0) is 6.42 Å². The van der Waals surface area contributed by atoms with Gasteiger partial charge in [-0.3, -0.25) is 9.89 Å². The molecule has 14 heavy (non-hydrogen) atoms. The number of nitrogens with two attached hydrogens (primary N) is 1. The van der Waals surface area contributed by atoms with Crippen molar-refractivity contribution in [3.05, 3.63) is 11.6 Å². The fourth-order valence-electron chi connectivity index (χ4n) is 1.01. The van der Waals surface area contributed by atoms with Gasteiger partial charge in [-0.15, -0.1) is 5.10 Å². The first-order valence-corrected chi connectivity index (χ1v) is 4.67. The molecule has 0 fully saturated rings. The maximum atomic E-state index is 11.3. The van der Waals surface area contributed by atoms with Crippen molar-refractivity contribution < 1.29 is 4.79 Å². The lowest BCUT2D eigenvalue weighted by Gasteiger charge is -1.97. The summed E-state index contributed by atoms with van der Waals surface area (Å²) >= 11 is 0. The highest BCUT2D eigenvalue weighted by Gasteiger charge is 2.10. The molecule has 0 aliphatic heterocycles. The van der Waals surface area contributed by atoms with E-state index in [4.69, 9.17) is 5.73 Å². The first-order chi connectivity index (χ1) is 6.77. The molecule has 0 bridgehead atoms. The zero-order chi connectivity index (χ0) is 10.4. The molecular weight excluding hydrogens is 182 g/mol. The van der Waals surface area contributed by atoms with E-state index in [9.17, 15) is 4.79 Å². The van der Waals surface area contributed by atoms with Crippen molar-refractivity contribution in [1.29, 1.82) is 0 Å². The van der Waals surface area contributed by atoms with Crippen LogP contribution in [0.15, 0.2) is 0 Å². The van der Waals surface area contributed by atoms with Crippen LogP contribution in [0.5, 0.6) is 0 Å². The first-order valence-electron chi connectivity index (χ1n) is 4.67. The van der Waals surface area contributed by atoms with Crippen molar-refractivity contribution in [3.63, 3.8) is 0 Å². The van der Waals surface area contributed by atoms with Gasteiger partial charge in [-0.2, -0.15) is 0 Å². The van der Waals surface area contributed by atoms with Crippen molar-refractivity contribution >= 4 is 5.91 Å². The average molecular weight is 197 g/mol. The first kappa shape index (κ1) is 10.6. The van der Waals surface area contributed by atoms with Gasteiger partial charge in [0, 0.05) is 19.5 Å². The molecule has 0 aromatic carbocycles. The summed E-state index contributed by atoms with van der Waals surface area (Å²) < 4.78 is 0. The third-order valence-corrected chi connectivity index (χ3v) is 1.65. The van der Waals surface area contributed by atoms with E-state index < -0.39 is 0 Å². The van der Waals surface area contributed by atoms with Gasteiger partial charge in [0.1, 0.15) is 5.82 Å². The monoisotopic (exact) mass is 197 g/mol. The fraction of sp³-hybridized carbons (Fsp3) is 0.625. The second kappa shape index (κ2) is 5.33. The normalized spacial score (nSPS) is 10.1. The second-order valence-corrected chi connectivity index (χ2v) is 2.90. The third-order valence-electron chi connectivity index (χ3n) is 1.65. The molecule has 1 aromatic heterocycles. The lowest BCUT2D eigenvalue weighted by Crippen LogP contribution is -2.29. The highest BCUT2D eigenvalue weighted by Crippen LogP contribution is 1.95. The van der Waals surface area contributed by atoms with Gasteiger partial charge in [0.15, 0.2) is 0 Å². The van der Waals surface area contributed by atoms with Crippen LogP contribution >= 0.6 is 0 Å². The molecule has 0 aliphatic rings. The van der Waals surface area contributed by atoms with E-state index in [0.717, 1.165) is 18.7 Å². The van der Waals surface area contributed by atoms with E-state index in [-0.39, 0.29) is 11.7 Å². The number of aryl methyl sites for hydroxylation is 1. The largest absolute Gasteiger partial charge is 0.348 e. The lowest BCUT2D eigenvalue weighted by molar-refractivity contribution is 0.0944. The number of aromatic nitrogens is 3. The summed E-state index contributed by atoms with van der Waals surface area (Å²) in [5, 5.41) is 9.10. The molecule has 1 aromatic rings. The summed E-state index contributed by atoms with van der Waals surface area (Å²) in [5.74, 6) is 0.640. The van der Waals surface area contributed by atoms with E-state index in [1.165, 1.54) is 0 Å². The highest BCUT2D eigenvalue weighted by atomic mass is 16.2. The van der Waals surface area contributed by atoms with Crippen molar-refractivity contribution in [3.8, 4) is 0 Å². The standard InChI is InChI=1S/C8H15N5O/c1-2-3-6-11-7(13-12-6)8(14)10-5-4-9/h2-5,9H2,1H3,(H,10,14)(H,11,12,13). The van der Waals surface area contributed by atoms with Crippen LogP contribution in [0, 0.1) is 0 Å². The zero-order valence-electron chi connectivity index (χ0n) is 8.21. The van der Waals surface area contributed by atoms with E-state index in [1.807, 2.05) is 6.92 Å². The molecule has 1 amide bonds. The van der Waals surface area contributed by atoms with Crippen LogP contribution in [0.2, 0.25) is 0 Å². The Morgan fingerprint density at radius 2 is 2.43 bits per heavy atom. The summed E-state index contributed by atoms with van der Waals surface area (Å²) in [6.45, 7) is 2.89. The molecule has 0 aliphatic carbocycles. The van der Waals surface area contributed by atoms with Gasteiger partial charge < -0.3 is 11.1 Å². The van der Waals surface area contributed by atoms with Crippen molar-refractivity contribution in [2.45, 2.75) is 19.8 Å². The molecule has 0 saturated heterocycles. The molecule has 6 nitrogen and oxygen atoms in total. The number of carbonyl (C=O) groups is 1. The number of rotatable bonds is 5. The molecule has 1 heterocycles. The summed E-state index contributed by atoms with van der Waals surface area (Å²) in [7, 11) is 0. The minimum absolute atomic E-state index is 0.182. The second-order valence-electron chi connectivity index (χ2n) is 2.90.